The fourth-order valence-electron chi connectivity index (χ4n) is 2.93. The molecule has 4 rings (SSSR count). The molecule has 0 spiro atoms. The Morgan fingerprint density at radius 2 is 1.48 bits per heavy atom. The lowest BCUT2D eigenvalue weighted by Gasteiger charge is -2.10. The molecule has 0 amide bonds. The first-order chi connectivity index (χ1) is 12.4. The van der Waals surface area contributed by atoms with Crippen molar-refractivity contribution in [2.75, 3.05) is 6.26 Å². The first-order valence-corrected chi connectivity index (χ1v) is 9.29. The van der Waals surface area contributed by atoms with Crippen molar-refractivity contribution >= 4 is 11.8 Å². The molecule has 0 radical (unpaired) electrons. The van der Waals surface area contributed by atoms with E-state index in [9.17, 15) is 0 Å². The Hall–Kier alpha value is -2.85. The highest BCUT2D eigenvalue weighted by molar-refractivity contribution is 7.98. The summed E-state index contributed by atoms with van der Waals surface area (Å²) in [6.45, 7) is 0. The molecule has 2 aromatic carbocycles. The van der Waals surface area contributed by atoms with Crippen LogP contribution in [0.25, 0.3) is 28.1 Å². The average molecular weight is 343 g/mol. The number of aromatic nitrogens is 3. The summed E-state index contributed by atoms with van der Waals surface area (Å²) in [5, 5.41) is 5.91. The van der Waals surface area contributed by atoms with Crippen molar-refractivity contribution in [2.45, 2.75) is 5.03 Å². The largest absolute Gasteiger partial charge is 0.264 e. The number of rotatable bonds is 4. The molecule has 0 saturated carbocycles. The van der Waals surface area contributed by atoms with Gasteiger partial charge in [-0.1, -0.05) is 48.5 Å². The Morgan fingerprint density at radius 1 is 0.800 bits per heavy atom. The van der Waals surface area contributed by atoms with Gasteiger partial charge in [-0.2, -0.15) is 5.10 Å². The molecule has 4 aromatic rings. The van der Waals surface area contributed by atoms with Gasteiger partial charge in [0.25, 0.3) is 0 Å². The molecule has 0 atom stereocenters. The molecule has 0 N–H and O–H groups in total. The van der Waals surface area contributed by atoms with Crippen LogP contribution in [0.3, 0.4) is 0 Å². The Morgan fingerprint density at radius 3 is 2.12 bits per heavy atom. The lowest BCUT2D eigenvalue weighted by atomic mass is 10.0. The zero-order valence-corrected chi connectivity index (χ0v) is 14.6. The minimum absolute atomic E-state index is 1.01. The third kappa shape index (κ3) is 2.96. The second kappa shape index (κ2) is 6.95. The lowest BCUT2D eigenvalue weighted by molar-refractivity contribution is 0.843. The molecule has 0 unspecified atom stereocenters. The summed E-state index contributed by atoms with van der Waals surface area (Å²) in [6.07, 6.45) is 5.76. The molecule has 4 heteroatoms. The van der Waals surface area contributed by atoms with E-state index in [4.69, 9.17) is 5.10 Å². The number of nitrogens with zero attached hydrogens (tertiary/aromatic N) is 3. The van der Waals surface area contributed by atoms with E-state index >= 15 is 0 Å². The molecule has 2 aromatic heterocycles. The summed E-state index contributed by atoms with van der Waals surface area (Å²) in [7, 11) is 0. The summed E-state index contributed by atoms with van der Waals surface area (Å²) in [5.74, 6) is 0. The van der Waals surface area contributed by atoms with Crippen LogP contribution in [0.5, 0.6) is 0 Å². The van der Waals surface area contributed by atoms with Gasteiger partial charge in [0.05, 0.1) is 11.4 Å². The maximum Gasteiger partial charge on any atom is 0.127 e. The van der Waals surface area contributed by atoms with Crippen LogP contribution in [0.1, 0.15) is 0 Å². The van der Waals surface area contributed by atoms with E-state index in [1.165, 1.54) is 0 Å². The quantitative estimate of drug-likeness (QED) is 0.470. The number of thioether (sulfide) groups is 1. The summed E-state index contributed by atoms with van der Waals surface area (Å²) >= 11 is 1.66. The molecule has 25 heavy (non-hydrogen) atoms. The molecule has 0 aliphatic carbocycles. The van der Waals surface area contributed by atoms with E-state index in [-0.39, 0.29) is 0 Å². The highest BCUT2D eigenvalue weighted by Gasteiger charge is 2.21. The topological polar surface area (TPSA) is 30.7 Å². The maximum absolute atomic E-state index is 4.90. The molecular weight excluding hydrogens is 326 g/mol. The second-order valence-corrected chi connectivity index (χ2v) is 6.38. The highest BCUT2D eigenvalue weighted by Crippen LogP contribution is 2.39. The van der Waals surface area contributed by atoms with E-state index in [0.29, 0.717) is 0 Å². The van der Waals surface area contributed by atoms with Gasteiger partial charge in [-0.3, -0.25) is 4.98 Å². The van der Waals surface area contributed by atoms with Crippen molar-refractivity contribution in [1.29, 1.82) is 0 Å². The van der Waals surface area contributed by atoms with Crippen molar-refractivity contribution < 1.29 is 0 Å². The standard InChI is InChI=1S/C21H17N3S/c1-25-21-19(16-9-4-2-5-10-16)20(17-11-8-14-22-15-17)24(23-21)18-12-6-3-7-13-18/h2-15H,1H3. The Labute approximate surface area is 151 Å². The fourth-order valence-corrected chi connectivity index (χ4v) is 3.51. The zero-order chi connectivity index (χ0) is 17.1. The molecule has 0 fully saturated rings. The van der Waals surface area contributed by atoms with Gasteiger partial charge in [0, 0.05) is 23.5 Å². The molecule has 0 aliphatic heterocycles. The van der Waals surface area contributed by atoms with Gasteiger partial charge in [0.1, 0.15) is 5.03 Å². The molecule has 0 aliphatic rings. The van der Waals surface area contributed by atoms with Crippen LogP contribution in [-0.2, 0) is 0 Å². The van der Waals surface area contributed by atoms with E-state index < -0.39 is 0 Å². The van der Waals surface area contributed by atoms with E-state index in [2.05, 4.69) is 53.7 Å². The minimum Gasteiger partial charge on any atom is -0.264 e. The van der Waals surface area contributed by atoms with Gasteiger partial charge in [0.15, 0.2) is 0 Å². The third-order valence-electron chi connectivity index (χ3n) is 4.04. The Balaban J connectivity index is 2.05. The number of para-hydroxylation sites is 1. The maximum atomic E-state index is 4.90. The van der Waals surface area contributed by atoms with Crippen LogP contribution in [0.4, 0.5) is 0 Å². The molecular formula is C21H17N3S. The van der Waals surface area contributed by atoms with E-state index in [1.54, 1.807) is 18.0 Å². The lowest BCUT2D eigenvalue weighted by Crippen LogP contribution is -1.99. The minimum atomic E-state index is 1.01. The Bertz CT molecular complexity index is 964. The highest BCUT2D eigenvalue weighted by atomic mass is 32.2. The number of pyridine rings is 1. The van der Waals surface area contributed by atoms with Crippen LogP contribution in [0.15, 0.2) is 90.2 Å². The van der Waals surface area contributed by atoms with Crippen LogP contribution in [0, 0.1) is 0 Å². The molecule has 2 heterocycles. The SMILES string of the molecule is CSc1nn(-c2ccccc2)c(-c2cccnc2)c1-c1ccccc1. The number of benzene rings is 2. The van der Waals surface area contributed by atoms with E-state index in [1.807, 2.05) is 41.2 Å². The van der Waals surface area contributed by atoms with Crippen LogP contribution >= 0.6 is 11.8 Å². The smallest absolute Gasteiger partial charge is 0.127 e. The fraction of sp³-hybridized carbons (Fsp3) is 0.0476. The van der Waals surface area contributed by atoms with Crippen molar-refractivity contribution in [3.8, 4) is 28.1 Å². The second-order valence-electron chi connectivity index (χ2n) is 5.59. The third-order valence-corrected chi connectivity index (χ3v) is 4.72. The predicted octanol–water partition coefficient (Wildman–Crippen LogP) is 5.32. The van der Waals surface area contributed by atoms with Crippen LogP contribution < -0.4 is 0 Å². The van der Waals surface area contributed by atoms with Gasteiger partial charge < -0.3 is 0 Å². The number of hydrogen-bond donors (Lipinski definition) is 0. The molecule has 3 nitrogen and oxygen atoms in total. The summed E-state index contributed by atoms with van der Waals surface area (Å²) in [5.41, 5.74) is 5.46. The zero-order valence-electron chi connectivity index (χ0n) is 13.8. The number of hydrogen-bond acceptors (Lipinski definition) is 3. The summed E-state index contributed by atoms with van der Waals surface area (Å²) in [4.78, 5) is 4.32. The van der Waals surface area contributed by atoms with Crippen LogP contribution in [0.2, 0.25) is 0 Å². The van der Waals surface area contributed by atoms with Gasteiger partial charge in [-0.25, -0.2) is 4.68 Å². The monoisotopic (exact) mass is 343 g/mol. The van der Waals surface area contributed by atoms with Gasteiger partial charge >= 0.3 is 0 Å². The van der Waals surface area contributed by atoms with Gasteiger partial charge in [-0.05, 0) is 36.1 Å². The van der Waals surface area contributed by atoms with Gasteiger partial charge in [0.2, 0.25) is 0 Å². The normalized spacial score (nSPS) is 10.8. The van der Waals surface area contributed by atoms with Crippen molar-refractivity contribution in [1.82, 2.24) is 14.8 Å². The van der Waals surface area contributed by atoms with Crippen molar-refractivity contribution in [2.24, 2.45) is 0 Å². The molecule has 0 saturated heterocycles. The molecule has 0 bridgehead atoms. The summed E-state index contributed by atoms with van der Waals surface area (Å²) in [6, 6.07) is 24.7. The van der Waals surface area contributed by atoms with Crippen molar-refractivity contribution in [3.05, 3.63) is 85.2 Å². The summed E-state index contributed by atoms with van der Waals surface area (Å²) < 4.78 is 2.02. The predicted molar refractivity (Wildman–Crippen MR) is 104 cm³/mol. The van der Waals surface area contributed by atoms with E-state index in [0.717, 1.165) is 33.1 Å². The average Bonchev–Trinajstić information content (AvgIpc) is 3.10. The first-order valence-electron chi connectivity index (χ1n) is 8.06. The van der Waals surface area contributed by atoms with Gasteiger partial charge in [-0.15, -0.1) is 11.8 Å². The van der Waals surface area contributed by atoms with Crippen LogP contribution in [-0.4, -0.2) is 21.0 Å². The Kier molecular flexibility index (Phi) is 4.36. The first kappa shape index (κ1) is 15.7. The molecule has 122 valence electrons. The van der Waals surface area contributed by atoms with Crippen molar-refractivity contribution in [3.63, 3.8) is 0 Å².